The van der Waals surface area contributed by atoms with Gasteiger partial charge in [-0.25, -0.2) is 4.98 Å². The van der Waals surface area contributed by atoms with Crippen LogP contribution in [-0.4, -0.2) is 63.3 Å². The van der Waals surface area contributed by atoms with Crippen LogP contribution >= 0.6 is 0 Å². The molecule has 1 amide bonds. The molecule has 1 aliphatic heterocycles. The fourth-order valence-electron chi connectivity index (χ4n) is 3.46. The van der Waals surface area contributed by atoms with Gasteiger partial charge >= 0.3 is 0 Å². The van der Waals surface area contributed by atoms with Crippen molar-refractivity contribution in [2.75, 3.05) is 37.7 Å². The second-order valence-corrected chi connectivity index (χ2v) is 7.20. The van der Waals surface area contributed by atoms with Crippen LogP contribution in [0.5, 0.6) is 5.75 Å². The predicted molar refractivity (Wildman–Crippen MR) is 109 cm³/mol. The molecule has 0 radical (unpaired) electrons. The number of rotatable bonds is 5. The first kappa shape index (κ1) is 18.9. The largest absolute Gasteiger partial charge is 0.484 e. The summed E-state index contributed by atoms with van der Waals surface area (Å²) in [7, 11) is 0. The lowest BCUT2D eigenvalue weighted by Gasteiger charge is -2.35. The van der Waals surface area contributed by atoms with Crippen molar-refractivity contribution < 1.29 is 9.53 Å². The van der Waals surface area contributed by atoms with Crippen LogP contribution in [0.4, 0.5) is 5.82 Å². The fourth-order valence-corrected chi connectivity index (χ4v) is 3.46. The van der Waals surface area contributed by atoms with Crippen LogP contribution in [0, 0.1) is 13.8 Å². The van der Waals surface area contributed by atoms with Gasteiger partial charge in [0.05, 0.1) is 0 Å². The van der Waals surface area contributed by atoms with E-state index in [1.54, 1.807) is 12.5 Å². The van der Waals surface area contributed by atoms with Crippen LogP contribution in [0.3, 0.4) is 0 Å². The smallest absolute Gasteiger partial charge is 0.260 e. The van der Waals surface area contributed by atoms with Crippen LogP contribution < -0.4 is 9.64 Å². The van der Waals surface area contributed by atoms with Gasteiger partial charge in [-0.2, -0.15) is 0 Å². The van der Waals surface area contributed by atoms with Gasteiger partial charge < -0.3 is 14.5 Å². The Balaban J connectivity index is 1.29. The summed E-state index contributed by atoms with van der Waals surface area (Å²) in [6, 6.07) is 9.84. The molecule has 1 fully saturated rings. The summed E-state index contributed by atoms with van der Waals surface area (Å²) in [4.78, 5) is 20.5. The molecule has 0 aliphatic carbocycles. The van der Waals surface area contributed by atoms with E-state index in [2.05, 4.69) is 26.1 Å². The van der Waals surface area contributed by atoms with Gasteiger partial charge in [0.1, 0.15) is 12.1 Å². The summed E-state index contributed by atoms with van der Waals surface area (Å²) in [6.07, 6.45) is 5.22. The molecule has 3 heterocycles. The van der Waals surface area contributed by atoms with Gasteiger partial charge in [-0.3, -0.25) is 9.36 Å². The Morgan fingerprint density at radius 2 is 1.69 bits per heavy atom. The summed E-state index contributed by atoms with van der Waals surface area (Å²) >= 11 is 0. The lowest BCUT2D eigenvalue weighted by molar-refractivity contribution is -0.133. The lowest BCUT2D eigenvalue weighted by atomic mass is 10.1. The van der Waals surface area contributed by atoms with Crippen LogP contribution in [0.25, 0.3) is 5.82 Å². The molecular weight excluding hydrogens is 368 g/mol. The Kier molecular flexibility index (Phi) is 5.41. The van der Waals surface area contributed by atoms with E-state index in [0.717, 1.165) is 28.5 Å². The van der Waals surface area contributed by atoms with Crippen molar-refractivity contribution in [2.24, 2.45) is 0 Å². The second kappa shape index (κ2) is 8.30. The highest BCUT2D eigenvalue weighted by Crippen LogP contribution is 2.17. The number of imidazole rings is 1. The number of aryl methyl sites for hydroxylation is 2. The molecule has 1 aromatic carbocycles. The first-order valence-corrected chi connectivity index (χ1v) is 9.64. The van der Waals surface area contributed by atoms with Crippen molar-refractivity contribution >= 4 is 11.7 Å². The van der Waals surface area contributed by atoms with E-state index in [1.165, 1.54) is 0 Å². The maximum atomic E-state index is 12.5. The van der Waals surface area contributed by atoms with E-state index >= 15 is 0 Å². The van der Waals surface area contributed by atoms with E-state index in [9.17, 15) is 4.79 Å². The number of carbonyl (C=O) groups excluding carboxylic acids is 1. The zero-order valence-corrected chi connectivity index (χ0v) is 16.7. The van der Waals surface area contributed by atoms with Gasteiger partial charge in [-0.1, -0.05) is 6.07 Å². The maximum Gasteiger partial charge on any atom is 0.260 e. The number of amides is 1. The molecule has 2 aromatic heterocycles. The normalized spacial score (nSPS) is 14.1. The molecule has 8 heteroatoms. The summed E-state index contributed by atoms with van der Waals surface area (Å²) < 4.78 is 7.52. The number of hydrogen-bond acceptors (Lipinski definition) is 6. The maximum absolute atomic E-state index is 12.5. The number of aromatic nitrogens is 4. The summed E-state index contributed by atoms with van der Waals surface area (Å²) in [5.41, 5.74) is 2.25. The van der Waals surface area contributed by atoms with Crippen molar-refractivity contribution in [1.82, 2.24) is 24.6 Å². The van der Waals surface area contributed by atoms with Crippen molar-refractivity contribution in [3.05, 3.63) is 60.2 Å². The van der Waals surface area contributed by atoms with E-state index < -0.39 is 0 Å². The molecule has 0 spiro atoms. The van der Waals surface area contributed by atoms with Gasteiger partial charge in [0.25, 0.3) is 5.91 Å². The number of anilines is 1. The minimum atomic E-state index is 0.00495. The van der Waals surface area contributed by atoms with Crippen LogP contribution in [0.1, 0.15) is 11.1 Å². The fraction of sp³-hybridized carbons (Fsp3) is 0.333. The minimum absolute atomic E-state index is 0.00495. The monoisotopic (exact) mass is 392 g/mol. The molecule has 4 rings (SSSR count). The Labute approximate surface area is 169 Å². The van der Waals surface area contributed by atoms with Gasteiger partial charge in [-0.15, -0.1) is 10.2 Å². The average Bonchev–Trinajstić information content (AvgIpc) is 3.26. The summed E-state index contributed by atoms with van der Waals surface area (Å²) in [6.45, 7) is 6.81. The van der Waals surface area contributed by atoms with E-state index in [1.807, 2.05) is 53.8 Å². The number of nitrogens with zero attached hydrogens (tertiary/aromatic N) is 6. The molecule has 8 nitrogen and oxygen atoms in total. The van der Waals surface area contributed by atoms with Crippen molar-refractivity contribution in [2.45, 2.75) is 13.8 Å². The highest BCUT2D eigenvalue weighted by atomic mass is 16.5. The third kappa shape index (κ3) is 4.53. The zero-order chi connectivity index (χ0) is 20.2. The molecule has 0 N–H and O–H groups in total. The number of ether oxygens (including phenoxy) is 1. The molecule has 29 heavy (non-hydrogen) atoms. The van der Waals surface area contributed by atoms with Crippen LogP contribution in [0.15, 0.2) is 49.1 Å². The standard InChI is InChI=1S/C21H24N6O2/c1-16-11-17(2)13-18(12-16)29-14-21(28)26-9-7-25(8-10-26)19-3-4-20(24-23-19)27-6-5-22-15-27/h3-6,11-13,15H,7-10,14H2,1-2H3. The van der Waals surface area contributed by atoms with E-state index in [0.29, 0.717) is 26.2 Å². The number of benzene rings is 1. The summed E-state index contributed by atoms with van der Waals surface area (Å²) in [5, 5.41) is 8.58. The average molecular weight is 392 g/mol. The highest BCUT2D eigenvalue weighted by molar-refractivity contribution is 5.78. The number of carbonyl (C=O) groups is 1. The number of hydrogen-bond donors (Lipinski definition) is 0. The quantitative estimate of drug-likeness (QED) is 0.661. The van der Waals surface area contributed by atoms with Crippen molar-refractivity contribution in [3.8, 4) is 11.6 Å². The van der Waals surface area contributed by atoms with Gasteiger partial charge in [-0.05, 0) is 49.2 Å². The van der Waals surface area contributed by atoms with Crippen LogP contribution in [0.2, 0.25) is 0 Å². The van der Waals surface area contributed by atoms with Gasteiger partial charge in [0.2, 0.25) is 0 Å². The van der Waals surface area contributed by atoms with Gasteiger partial charge in [0.15, 0.2) is 18.2 Å². The van der Waals surface area contributed by atoms with Crippen LogP contribution in [-0.2, 0) is 4.79 Å². The third-order valence-corrected chi connectivity index (χ3v) is 4.92. The number of piperazine rings is 1. The third-order valence-electron chi connectivity index (χ3n) is 4.92. The first-order chi connectivity index (χ1) is 14.1. The molecular formula is C21H24N6O2. The van der Waals surface area contributed by atoms with Crippen molar-refractivity contribution in [3.63, 3.8) is 0 Å². The lowest BCUT2D eigenvalue weighted by Crippen LogP contribution is -2.50. The Morgan fingerprint density at radius 3 is 2.31 bits per heavy atom. The molecule has 0 unspecified atom stereocenters. The Bertz CT molecular complexity index is 943. The second-order valence-electron chi connectivity index (χ2n) is 7.20. The van der Waals surface area contributed by atoms with Crippen molar-refractivity contribution in [1.29, 1.82) is 0 Å². The topological polar surface area (TPSA) is 76.4 Å². The molecule has 1 saturated heterocycles. The van der Waals surface area contributed by atoms with E-state index in [-0.39, 0.29) is 12.5 Å². The SMILES string of the molecule is Cc1cc(C)cc(OCC(=O)N2CCN(c3ccc(-n4ccnc4)nn3)CC2)c1. The highest BCUT2D eigenvalue weighted by Gasteiger charge is 2.22. The van der Waals surface area contributed by atoms with Gasteiger partial charge in [0, 0.05) is 38.6 Å². The molecule has 3 aromatic rings. The zero-order valence-electron chi connectivity index (χ0n) is 16.7. The molecule has 0 atom stereocenters. The molecule has 0 saturated carbocycles. The molecule has 0 bridgehead atoms. The minimum Gasteiger partial charge on any atom is -0.484 e. The molecule has 150 valence electrons. The first-order valence-electron chi connectivity index (χ1n) is 9.64. The molecule has 1 aliphatic rings. The Hall–Kier alpha value is -3.42. The summed E-state index contributed by atoms with van der Waals surface area (Å²) in [5.74, 6) is 2.28. The Morgan fingerprint density at radius 1 is 1.00 bits per heavy atom. The van der Waals surface area contributed by atoms with E-state index in [4.69, 9.17) is 4.74 Å². The predicted octanol–water partition coefficient (Wildman–Crippen LogP) is 2.01.